The lowest BCUT2D eigenvalue weighted by molar-refractivity contribution is -0.121. The number of carbonyl (C=O) groups excluding carboxylic acids is 1. The SMILES string of the molecule is CCCCCC(=O)NCC1CCCNC1. The Bertz CT molecular complexity index is 176. The third-order valence-electron chi connectivity index (χ3n) is 2.99. The third kappa shape index (κ3) is 5.78. The van der Waals surface area contributed by atoms with Crippen LogP contribution in [0.3, 0.4) is 0 Å². The first-order valence-electron chi connectivity index (χ1n) is 6.30. The fourth-order valence-corrected chi connectivity index (χ4v) is 1.98. The molecule has 15 heavy (non-hydrogen) atoms. The molecule has 1 aliphatic heterocycles. The van der Waals surface area contributed by atoms with Crippen LogP contribution in [-0.2, 0) is 4.79 Å². The fraction of sp³-hybridized carbons (Fsp3) is 0.917. The van der Waals surface area contributed by atoms with Gasteiger partial charge in [-0.25, -0.2) is 0 Å². The number of piperidine rings is 1. The molecule has 1 fully saturated rings. The molecule has 1 rings (SSSR count). The largest absolute Gasteiger partial charge is 0.356 e. The summed E-state index contributed by atoms with van der Waals surface area (Å²) in [6.07, 6.45) is 6.58. The number of carbonyl (C=O) groups is 1. The van der Waals surface area contributed by atoms with Gasteiger partial charge in [0.25, 0.3) is 0 Å². The second-order valence-electron chi connectivity index (χ2n) is 4.47. The van der Waals surface area contributed by atoms with Crippen molar-refractivity contribution in [1.82, 2.24) is 10.6 Å². The molecular formula is C12H24N2O. The van der Waals surface area contributed by atoms with Crippen molar-refractivity contribution in [1.29, 1.82) is 0 Å². The van der Waals surface area contributed by atoms with Gasteiger partial charge >= 0.3 is 0 Å². The van der Waals surface area contributed by atoms with Gasteiger partial charge < -0.3 is 10.6 Å². The summed E-state index contributed by atoms with van der Waals surface area (Å²) in [5.41, 5.74) is 0. The number of unbranched alkanes of at least 4 members (excludes halogenated alkanes) is 2. The average Bonchev–Trinajstić information content (AvgIpc) is 2.28. The molecule has 1 heterocycles. The van der Waals surface area contributed by atoms with E-state index in [9.17, 15) is 4.79 Å². The first-order valence-corrected chi connectivity index (χ1v) is 6.30. The van der Waals surface area contributed by atoms with Crippen molar-refractivity contribution in [2.75, 3.05) is 19.6 Å². The molecule has 88 valence electrons. The van der Waals surface area contributed by atoms with Gasteiger partial charge in [0.15, 0.2) is 0 Å². The molecule has 0 aromatic carbocycles. The first kappa shape index (κ1) is 12.5. The lowest BCUT2D eigenvalue weighted by Crippen LogP contribution is -2.38. The number of rotatable bonds is 6. The highest BCUT2D eigenvalue weighted by atomic mass is 16.1. The van der Waals surface area contributed by atoms with E-state index in [2.05, 4.69) is 17.6 Å². The lowest BCUT2D eigenvalue weighted by atomic mass is 10.00. The van der Waals surface area contributed by atoms with Gasteiger partial charge in [-0.2, -0.15) is 0 Å². The molecule has 0 saturated carbocycles. The minimum absolute atomic E-state index is 0.231. The highest BCUT2D eigenvalue weighted by Gasteiger charge is 2.13. The quantitative estimate of drug-likeness (QED) is 0.658. The van der Waals surface area contributed by atoms with Crippen LogP contribution in [0.2, 0.25) is 0 Å². The van der Waals surface area contributed by atoms with Gasteiger partial charge in [0, 0.05) is 13.0 Å². The molecular weight excluding hydrogens is 188 g/mol. The second kappa shape index (κ2) is 7.69. The van der Waals surface area contributed by atoms with Crippen molar-refractivity contribution in [2.45, 2.75) is 45.4 Å². The first-order chi connectivity index (χ1) is 7.33. The average molecular weight is 212 g/mol. The topological polar surface area (TPSA) is 41.1 Å². The van der Waals surface area contributed by atoms with Gasteiger partial charge in [0.1, 0.15) is 0 Å². The third-order valence-corrected chi connectivity index (χ3v) is 2.99. The molecule has 1 amide bonds. The van der Waals surface area contributed by atoms with Crippen LogP contribution in [0.1, 0.15) is 45.4 Å². The molecule has 1 atom stereocenters. The van der Waals surface area contributed by atoms with Crippen LogP contribution in [0, 0.1) is 5.92 Å². The Labute approximate surface area is 93.0 Å². The van der Waals surface area contributed by atoms with E-state index in [1.807, 2.05) is 0 Å². The molecule has 1 aliphatic rings. The van der Waals surface area contributed by atoms with Crippen molar-refractivity contribution in [2.24, 2.45) is 5.92 Å². The molecule has 0 spiro atoms. The Morgan fingerprint density at radius 3 is 3.00 bits per heavy atom. The van der Waals surface area contributed by atoms with E-state index >= 15 is 0 Å². The minimum Gasteiger partial charge on any atom is -0.356 e. The zero-order valence-corrected chi connectivity index (χ0v) is 9.85. The number of amides is 1. The molecule has 1 saturated heterocycles. The molecule has 1 unspecified atom stereocenters. The van der Waals surface area contributed by atoms with Crippen LogP contribution in [0.25, 0.3) is 0 Å². The van der Waals surface area contributed by atoms with Crippen molar-refractivity contribution in [3.63, 3.8) is 0 Å². The Hall–Kier alpha value is -0.570. The molecule has 3 nitrogen and oxygen atoms in total. The summed E-state index contributed by atoms with van der Waals surface area (Å²) in [7, 11) is 0. The van der Waals surface area contributed by atoms with Crippen molar-refractivity contribution in [3.05, 3.63) is 0 Å². The van der Waals surface area contributed by atoms with Gasteiger partial charge in [-0.15, -0.1) is 0 Å². The summed E-state index contributed by atoms with van der Waals surface area (Å²) in [6, 6.07) is 0. The molecule has 0 aromatic rings. The van der Waals surface area contributed by atoms with Gasteiger partial charge in [0.05, 0.1) is 0 Å². The van der Waals surface area contributed by atoms with Crippen LogP contribution in [0.4, 0.5) is 0 Å². The van der Waals surface area contributed by atoms with E-state index in [-0.39, 0.29) is 5.91 Å². The van der Waals surface area contributed by atoms with Gasteiger partial charge in [-0.05, 0) is 38.3 Å². The van der Waals surface area contributed by atoms with E-state index in [0.717, 1.165) is 26.1 Å². The van der Waals surface area contributed by atoms with E-state index in [1.54, 1.807) is 0 Å². The second-order valence-corrected chi connectivity index (χ2v) is 4.47. The highest BCUT2D eigenvalue weighted by Crippen LogP contribution is 2.08. The summed E-state index contributed by atoms with van der Waals surface area (Å²) in [6.45, 7) is 5.22. The maximum atomic E-state index is 11.4. The molecule has 0 aliphatic carbocycles. The van der Waals surface area contributed by atoms with Crippen LogP contribution < -0.4 is 10.6 Å². The molecule has 0 bridgehead atoms. The summed E-state index contributed by atoms with van der Waals surface area (Å²) in [4.78, 5) is 11.4. The zero-order valence-electron chi connectivity index (χ0n) is 9.85. The van der Waals surface area contributed by atoms with E-state index in [0.29, 0.717) is 12.3 Å². The van der Waals surface area contributed by atoms with Crippen LogP contribution in [0.5, 0.6) is 0 Å². The standard InChI is InChI=1S/C12H24N2O/c1-2-3-4-7-12(15)14-10-11-6-5-8-13-9-11/h11,13H,2-10H2,1H3,(H,14,15). The van der Waals surface area contributed by atoms with Crippen LogP contribution >= 0.6 is 0 Å². The van der Waals surface area contributed by atoms with Crippen molar-refractivity contribution < 1.29 is 4.79 Å². The maximum Gasteiger partial charge on any atom is 0.220 e. The highest BCUT2D eigenvalue weighted by molar-refractivity contribution is 5.75. The van der Waals surface area contributed by atoms with Crippen LogP contribution in [0.15, 0.2) is 0 Å². The molecule has 3 heteroatoms. The Morgan fingerprint density at radius 2 is 2.33 bits per heavy atom. The minimum atomic E-state index is 0.231. The number of hydrogen-bond acceptors (Lipinski definition) is 2. The van der Waals surface area contributed by atoms with Gasteiger partial charge in [-0.1, -0.05) is 19.8 Å². The number of hydrogen-bond donors (Lipinski definition) is 2. The van der Waals surface area contributed by atoms with Crippen molar-refractivity contribution >= 4 is 5.91 Å². The van der Waals surface area contributed by atoms with Crippen molar-refractivity contribution in [3.8, 4) is 0 Å². The fourth-order valence-electron chi connectivity index (χ4n) is 1.98. The molecule has 0 radical (unpaired) electrons. The summed E-state index contributed by atoms with van der Waals surface area (Å²) < 4.78 is 0. The lowest BCUT2D eigenvalue weighted by Gasteiger charge is -2.22. The maximum absolute atomic E-state index is 11.4. The summed E-state index contributed by atoms with van der Waals surface area (Å²) in [5.74, 6) is 0.878. The Morgan fingerprint density at radius 1 is 1.47 bits per heavy atom. The predicted octanol–water partition coefficient (Wildman–Crippen LogP) is 1.68. The Kier molecular flexibility index (Phi) is 6.41. The molecule has 2 N–H and O–H groups in total. The monoisotopic (exact) mass is 212 g/mol. The summed E-state index contributed by atoms with van der Waals surface area (Å²) >= 11 is 0. The normalized spacial score (nSPS) is 21.3. The van der Waals surface area contributed by atoms with Gasteiger partial charge in [0.2, 0.25) is 5.91 Å². The van der Waals surface area contributed by atoms with E-state index in [1.165, 1.54) is 25.7 Å². The van der Waals surface area contributed by atoms with Crippen LogP contribution in [-0.4, -0.2) is 25.5 Å². The van der Waals surface area contributed by atoms with E-state index < -0.39 is 0 Å². The molecule has 0 aromatic heterocycles. The Balaban J connectivity index is 2.00. The van der Waals surface area contributed by atoms with Gasteiger partial charge in [-0.3, -0.25) is 4.79 Å². The smallest absolute Gasteiger partial charge is 0.220 e. The number of nitrogens with one attached hydrogen (secondary N) is 2. The summed E-state index contributed by atoms with van der Waals surface area (Å²) in [5, 5.41) is 6.39. The van der Waals surface area contributed by atoms with E-state index in [4.69, 9.17) is 0 Å². The predicted molar refractivity (Wildman–Crippen MR) is 62.7 cm³/mol. The zero-order chi connectivity index (χ0) is 10.9.